The van der Waals surface area contributed by atoms with Crippen molar-refractivity contribution in [3.8, 4) is 11.5 Å². The van der Waals surface area contributed by atoms with Gasteiger partial charge in [-0.15, -0.1) is 0 Å². The van der Waals surface area contributed by atoms with Gasteiger partial charge in [0.2, 0.25) is 0 Å². The molecule has 5 heteroatoms. The quantitative estimate of drug-likeness (QED) is 0.844. The molecule has 0 saturated carbocycles. The van der Waals surface area contributed by atoms with Gasteiger partial charge in [-0.25, -0.2) is 0 Å². The second-order valence-corrected chi connectivity index (χ2v) is 5.41. The molecule has 1 aliphatic rings. The Labute approximate surface area is 117 Å². The summed E-state index contributed by atoms with van der Waals surface area (Å²) < 4.78 is 10.5. The average Bonchev–Trinajstić information content (AvgIpc) is 3.07. The second kappa shape index (κ2) is 5.15. The summed E-state index contributed by atoms with van der Waals surface area (Å²) in [7, 11) is 0. The van der Waals surface area contributed by atoms with E-state index in [2.05, 4.69) is 12.1 Å². The van der Waals surface area contributed by atoms with Gasteiger partial charge in [0.15, 0.2) is 11.5 Å². The predicted molar refractivity (Wildman–Crippen MR) is 73.2 cm³/mol. The van der Waals surface area contributed by atoms with Crippen LogP contribution in [0.4, 0.5) is 0 Å². The Balaban J connectivity index is 1.90. The summed E-state index contributed by atoms with van der Waals surface area (Å²) in [4.78, 5) is 14.6. The molecule has 0 radical (unpaired) electrons. The van der Waals surface area contributed by atoms with Gasteiger partial charge in [-0.2, -0.15) is 0 Å². The smallest absolute Gasteiger partial charge is 0.259 e. The first-order chi connectivity index (χ1) is 9.66. The number of likely N-dealkylation sites (tertiary alicyclic amines) is 1. The van der Waals surface area contributed by atoms with E-state index in [1.165, 1.54) is 0 Å². The van der Waals surface area contributed by atoms with Gasteiger partial charge in [0.25, 0.3) is 5.91 Å². The zero-order chi connectivity index (χ0) is 14.1. The molecule has 2 aromatic rings. The number of rotatable bonds is 2. The van der Waals surface area contributed by atoms with Crippen LogP contribution in [0.1, 0.15) is 35.9 Å². The normalized spacial score (nSPS) is 16.6. The summed E-state index contributed by atoms with van der Waals surface area (Å²) in [5.41, 5.74) is 1.02. The fourth-order valence-electron chi connectivity index (χ4n) is 2.58. The first kappa shape index (κ1) is 13.0. The molecule has 0 bridgehead atoms. The van der Waals surface area contributed by atoms with Crippen LogP contribution in [0.15, 0.2) is 27.3 Å². The molecule has 0 spiro atoms. The number of hydrogen-bond acceptors (Lipinski definition) is 4. The van der Waals surface area contributed by atoms with Crippen LogP contribution in [0.25, 0.3) is 11.5 Å². The largest absolute Gasteiger partial charge is 0.463 e. The predicted octanol–water partition coefficient (Wildman–Crippen LogP) is 3.12. The first-order valence-corrected chi connectivity index (χ1v) is 6.96. The van der Waals surface area contributed by atoms with E-state index in [0.29, 0.717) is 28.7 Å². The van der Waals surface area contributed by atoms with Crippen molar-refractivity contribution in [3.63, 3.8) is 0 Å². The maximum atomic E-state index is 12.7. The summed E-state index contributed by atoms with van der Waals surface area (Å²) in [5.74, 6) is 1.78. The molecule has 1 aliphatic heterocycles. The fraction of sp³-hybridized carbons (Fsp3) is 0.467. The Morgan fingerprint density at radius 1 is 1.40 bits per heavy atom. The Morgan fingerprint density at radius 2 is 2.15 bits per heavy atom. The van der Waals surface area contributed by atoms with Crippen molar-refractivity contribution in [1.82, 2.24) is 10.1 Å². The van der Waals surface area contributed by atoms with E-state index in [-0.39, 0.29) is 5.91 Å². The molecule has 0 unspecified atom stereocenters. The van der Waals surface area contributed by atoms with E-state index in [9.17, 15) is 4.79 Å². The number of aromatic nitrogens is 1. The number of carbonyl (C=O) groups is 1. The number of nitrogens with zero attached hydrogens (tertiary/aromatic N) is 2. The van der Waals surface area contributed by atoms with Crippen LogP contribution in [0.2, 0.25) is 0 Å². The maximum absolute atomic E-state index is 12.7. The van der Waals surface area contributed by atoms with Gasteiger partial charge in [-0.05, 0) is 37.8 Å². The lowest BCUT2D eigenvalue weighted by Crippen LogP contribution is -2.38. The summed E-state index contributed by atoms with van der Waals surface area (Å²) in [6, 6.07) is 3.56. The van der Waals surface area contributed by atoms with Gasteiger partial charge in [-0.1, -0.05) is 12.1 Å². The van der Waals surface area contributed by atoms with E-state index in [0.717, 1.165) is 25.9 Å². The highest BCUT2D eigenvalue weighted by atomic mass is 16.5. The zero-order valence-corrected chi connectivity index (χ0v) is 11.8. The molecule has 0 atom stereocenters. The summed E-state index contributed by atoms with van der Waals surface area (Å²) in [5, 5.41) is 3.97. The van der Waals surface area contributed by atoms with Crippen LogP contribution >= 0.6 is 0 Å². The molecule has 0 aliphatic carbocycles. The molecule has 106 valence electrons. The maximum Gasteiger partial charge on any atom is 0.259 e. The lowest BCUT2D eigenvalue weighted by Gasteiger charge is -2.30. The number of hydrogen-bond donors (Lipinski definition) is 0. The van der Waals surface area contributed by atoms with Crippen LogP contribution in [-0.4, -0.2) is 29.1 Å². The van der Waals surface area contributed by atoms with E-state index >= 15 is 0 Å². The molecule has 3 heterocycles. The van der Waals surface area contributed by atoms with E-state index < -0.39 is 0 Å². The van der Waals surface area contributed by atoms with Crippen molar-refractivity contribution in [1.29, 1.82) is 0 Å². The Morgan fingerprint density at radius 3 is 2.80 bits per heavy atom. The molecular formula is C15H18N2O3. The highest BCUT2D eigenvalue weighted by molar-refractivity contribution is 6.00. The Bertz CT molecular complexity index is 593. The molecule has 1 amide bonds. The molecule has 2 aromatic heterocycles. The minimum atomic E-state index is -0.0120. The zero-order valence-electron chi connectivity index (χ0n) is 11.8. The van der Waals surface area contributed by atoms with Crippen LogP contribution in [-0.2, 0) is 0 Å². The van der Waals surface area contributed by atoms with Gasteiger partial charge in [0.05, 0.1) is 6.26 Å². The van der Waals surface area contributed by atoms with Crippen molar-refractivity contribution >= 4 is 5.91 Å². The second-order valence-electron chi connectivity index (χ2n) is 5.41. The number of carbonyl (C=O) groups excluding carboxylic acids is 1. The molecule has 0 aromatic carbocycles. The van der Waals surface area contributed by atoms with Gasteiger partial charge >= 0.3 is 0 Å². The third kappa shape index (κ3) is 2.24. The molecular weight excluding hydrogens is 256 g/mol. The lowest BCUT2D eigenvalue weighted by atomic mass is 9.98. The average molecular weight is 274 g/mol. The van der Waals surface area contributed by atoms with Gasteiger partial charge in [0.1, 0.15) is 11.3 Å². The SMILES string of the molecule is Cc1onc(-c2ccco2)c1C(=O)N1CCC(C)CC1. The number of amides is 1. The standard InChI is InChI=1S/C15H18N2O3/c1-10-5-7-17(8-6-10)15(18)13-11(2)20-16-14(13)12-4-3-9-19-12/h3-4,9-10H,5-8H2,1-2H3. The lowest BCUT2D eigenvalue weighted by molar-refractivity contribution is 0.0696. The van der Waals surface area contributed by atoms with Crippen molar-refractivity contribution < 1.29 is 13.7 Å². The molecule has 5 nitrogen and oxygen atoms in total. The van der Waals surface area contributed by atoms with Crippen molar-refractivity contribution in [2.24, 2.45) is 5.92 Å². The molecule has 1 saturated heterocycles. The highest BCUT2D eigenvalue weighted by Crippen LogP contribution is 2.28. The monoisotopic (exact) mass is 274 g/mol. The van der Waals surface area contributed by atoms with Crippen molar-refractivity contribution in [2.75, 3.05) is 13.1 Å². The Kier molecular flexibility index (Phi) is 3.34. The number of furan rings is 1. The third-order valence-electron chi connectivity index (χ3n) is 3.90. The Hall–Kier alpha value is -2.04. The topological polar surface area (TPSA) is 59.5 Å². The van der Waals surface area contributed by atoms with Gasteiger partial charge < -0.3 is 13.8 Å². The number of aryl methyl sites for hydroxylation is 1. The minimum absolute atomic E-state index is 0.0120. The molecule has 3 rings (SSSR count). The number of piperidine rings is 1. The first-order valence-electron chi connectivity index (χ1n) is 6.96. The fourth-order valence-corrected chi connectivity index (χ4v) is 2.58. The van der Waals surface area contributed by atoms with Crippen LogP contribution < -0.4 is 0 Å². The molecule has 1 fully saturated rings. The summed E-state index contributed by atoms with van der Waals surface area (Å²) in [6.45, 7) is 5.57. The molecule has 0 N–H and O–H groups in total. The summed E-state index contributed by atoms with van der Waals surface area (Å²) in [6.07, 6.45) is 3.66. The van der Waals surface area contributed by atoms with Crippen LogP contribution in [0.3, 0.4) is 0 Å². The van der Waals surface area contributed by atoms with Crippen LogP contribution in [0.5, 0.6) is 0 Å². The molecule has 20 heavy (non-hydrogen) atoms. The van der Waals surface area contributed by atoms with Crippen molar-refractivity contribution in [3.05, 3.63) is 29.7 Å². The van der Waals surface area contributed by atoms with Crippen LogP contribution in [0, 0.1) is 12.8 Å². The highest BCUT2D eigenvalue weighted by Gasteiger charge is 2.29. The van der Waals surface area contributed by atoms with Gasteiger partial charge in [0, 0.05) is 13.1 Å². The van der Waals surface area contributed by atoms with E-state index in [1.807, 2.05) is 4.90 Å². The van der Waals surface area contributed by atoms with Gasteiger partial charge in [-0.3, -0.25) is 4.79 Å². The van der Waals surface area contributed by atoms with Crippen molar-refractivity contribution in [2.45, 2.75) is 26.7 Å². The van der Waals surface area contributed by atoms with E-state index in [1.54, 1.807) is 25.3 Å². The minimum Gasteiger partial charge on any atom is -0.463 e. The van der Waals surface area contributed by atoms with E-state index in [4.69, 9.17) is 8.94 Å². The summed E-state index contributed by atoms with van der Waals surface area (Å²) >= 11 is 0. The third-order valence-corrected chi connectivity index (χ3v) is 3.90.